The van der Waals surface area contributed by atoms with Crippen LogP contribution in [0.25, 0.3) is 16.8 Å². The minimum absolute atomic E-state index is 0.230. The molecule has 0 spiro atoms. The fourth-order valence-electron chi connectivity index (χ4n) is 3.92. The smallest absolute Gasteiger partial charge is 0.333 e. The number of anilines is 1. The zero-order chi connectivity index (χ0) is 21.7. The molecule has 0 saturated heterocycles. The van der Waals surface area contributed by atoms with Crippen LogP contribution in [0.2, 0.25) is 0 Å². The summed E-state index contributed by atoms with van der Waals surface area (Å²) in [6.07, 6.45) is 6.62. The molecule has 0 fully saturated rings. The maximum atomic E-state index is 12.9. The molecule has 0 aliphatic carbocycles. The van der Waals surface area contributed by atoms with Crippen molar-refractivity contribution >= 4 is 11.5 Å². The van der Waals surface area contributed by atoms with Gasteiger partial charge in [0.25, 0.3) is 5.56 Å². The quantitative estimate of drug-likeness (QED) is 0.504. The SMILES string of the molecule is Cc1c(N2CCc3ncc(-c4cnn(C(F)F)c4)cc3C2)nn2c(=O)ccnc2c1C. The first kappa shape index (κ1) is 19.3. The standard InChI is InChI=1S/C21H19F2N7O/c1-12-13(2)20(27-30-18(31)3-5-24-19(12)30)28-6-4-17-15(10-28)7-14(8-25-17)16-9-26-29(11-16)21(22)23/h3,5,7-9,11,21H,4,6,10H2,1-2H3. The van der Waals surface area contributed by atoms with Crippen LogP contribution in [-0.2, 0) is 13.0 Å². The van der Waals surface area contributed by atoms with Crippen molar-refractivity contribution in [3.8, 4) is 11.1 Å². The summed E-state index contributed by atoms with van der Waals surface area (Å²) in [6, 6.07) is 3.35. The Morgan fingerprint density at radius 3 is 2.71 bits per heavy atom. The average Bonchev–Trinajstić information content (AvgIpc) is 3.27. The molecule has 10 heteroatoms. The maximum Gasteiger partial charge on any atom is 0.333 e. The molecule has 31 heavy (non-hydrogen) atoms. The van der Waals surface area contributed by atoms with E-state index in [1.54, 1.807) is 6.20 Å². The fraction of sp³-hybridized carbons (Fsp3) is 0.286. The highest BCUT2D eigenvalue weighted by Gasteiger charge is 2.23. The molecule has 0 bridgehead atoms. The highest BCUT2D eigenvalue weighted by molar-refractivity contribution is 5.63. The van der Waals surface area contributed by atoms with E-state index in [2.05, 4.69) is 25.1 Å². The van der Waals surface area contributed by atoms with Crippen molar-refractivity contribution in [3.05, 3.63) is 69.7 Å². The van der Waals surface area contributed by atoms with Gasteiger partial charge in [-0.2, -0.15) is 18.4 Å². The molecule has 5 rings (SSSR count). The van der Waals surface area contributed by atoms with Gasteiger partial charge in [-0.25, -0.2) is 9.67 Å². The lowest BCUT2D eigenvalue weighted by atomic mass is 10.0. The van der Waals surface area contributed by atoms with Crippen LogP contribution in [0.3, 0.4) is 0 Å². The Labute approximate surface area is 175 Å². The van der Waals surface area contributed by atoms with E-state index in [0.29, 0.717) is 35.4 Å². The van der Waals surface area contributed by atoms with Crippen LogP contribution in [0.4, 0.5) is 14.6 Å². The Morgan fingerprint density at radius 1 is 1.10 bits per heavy atom. The lowest BCUT2D eigenvalue weighted by molar-refractivity contribution is 0.0566. The summed E-state index contributed by atoms with van der Waals surface area (Å²) in [4.78, 5) is 23.2. The number of halogens is 2. The summed E-state index contributed by atoms with van der Waals surface area (Å²) < 4.78 is 27.7. The molecule has 0 saturated carbocycles. The molecule has 0 amide bonds. The van der Waals surface area contributed by atoms with Gasteiger partial charge in [0.2, 0.25) is 0 Å². The van der Waals surface area contributed by atoms with Crippen LogP contribution in [-0.4, -0.2) is 35.9 Å². The second-order valence-electron chi connectivity index (χ2n) is 7.58. The molecule has 1 aliphatic rings. The summed E-state index contributed by atoms with van der Waals surface area (Å²) in [6.45, 7) is 2.47. The van der Waals surface area contributed by atoms with E-state index in [0.717, 1.165) is 33.8 Å². The molecule has 0 atom stereocenters. The summed E-state index contributed by atoms with van der Waals surface area (Å²) in [5, 5.41) is 8.29. The fourth-order valence-corrected chi connectivity index (χ4v) is 3.92. The number of fused-ring (bicyclic) bond motifs is 2. The highest BCUT2D eigenvalue weighted by Crippen LogP contribution is 2.29. The Balaban J connectivity index is 1.52. The van der Waals surface area contributed by atoms with Gasteiger partial charge in [0.05, 0.1) is 6.20 Å². The second kappa shape index (κ2) is 7.22. The van der Waals surface area contributed by atoms with Gasteiger partial charge in [0.1, 0.15) is 0 Å². The number of hydrogen-bond donors (Lipinski definition) is 0. The second-order valence-corrected chi connectivity index (χ2v) is 7.58. The van der Waals surface area contributed by atoms with Crippen LogP contribution in [0, 0.1) is 13.8 Å². The molecular formula is C21H19F2N7O. The lowest BCUT2D eigenvalue weighted by Crippen LogP contribution is -2.33. The van der Waals surface area contributed by atoms with E-state index in [9.17, 15) is 13.6 Å². The van der Waals surface area contributed by atoms with Gasteiger partial charge in [0, 0.05) is 72.1 Å². The molecule has 4 aromatic heterocycles. The van der Waals surface area contributed by atoms with Crippen LogP contribution in [0.5, 0.6) is 0 Å². The molecule has 0 aromatic carbocycles. The van der Waals surface area contributed by atoms with Crippen molar-refractivity contribution in [1.82, 2.24) is 29.4 Å². The zero-order valence-electron chi connectivity index (χ0n) is 17.0. The number of rotatable bonds is 3. The van der Waals surface area contributed by atoms with Crippen LogP contribution in [0.1, 0.15) is 28.9 Å². The third kappa shape index (κ3) is 3.24. The molecule has 5 heterocycles. The average molecular weight is 423 g/mol. The molecule has 4 aromatic rings. The van der Waals surface area contributed by atoms with Crippen molar-refractivity contribution < 1.29 is 8.78 Å². The first-order valence-electron chi connectivity index (χ1n) is 9.83. The third-order valence-corrected chi connectivity index (χ3v) is 5.73. The normalized spacial score (nSPS) is 13.8. The number of aromatic nitrogens is 6. The van der Waals surface area contributed by atoms with E-state index in [1.165, 1.54) is 29.2 Å². The Bertz CT molecular complexity index is 1360. The predicted octanol–water partition coefficient (Wildman–Crippen LogP) is 2.92. The van der Waals surface area contributed by atoms with Crippen molar-refractivity contribution in [2.75, 3.05) is 11.4 Å². The summed E-state index contributed by atoms with van der Waals surface area (Å²) in [5.74, 6) is 0.724. The molecule has 8 nitrogen and oxygen atoms in total. The molecule has 0 radical (unpaired) electrons. The zero-order valence-corrected chi connectivity index (χ0v) is 17.0. The topological polar surface area (TPSA) is 81.2 Å². The van der Waals surface area contributed by atoms with E-state index in [4.69, 9.17) is 0 Å². The summed E-state index contributed by atoms with van der Waals surface area (Å²) in [7, 11) is 0. The van der Waals surface area contributed by atoms with E-state index in [1.807, 2.05) is 19.9 Å². The predicted molar refractivity (Wildman–Crippen MR) is 110 cm³/mol. The van der Waals surface area contributed by atoms with Crippen molar-refractivity contribution in [3.63, 3.8) is 0 Å². The van der Waals surface area contributed by atoms with Crippen molar-refractivity contribution in [2.45, 2.75) is 33.4 Å². The van der Waals surface area contributed by atoms with Gasteiger partial charge < -0.3 is 4.90 Å². The van der Waals surface area contributed by atoms with Gasteiger partial charge in [0.15, 0.2) is 11.5 Å². The molecule has 0 N–H and O–H groups in total. The number of hydrogen-bond acceptors (Lipinski definition) is 6. The largest absolute Gasteiger partial charge is 0.350 e. The first-order chi connectivity index (χ1) is 14.9. The number of alkyl halides is 2. The molecular weight excluding hydrogens is 404 g/mol. The highest BCUT2D eigenvalue weighted by atomic mass is 19.3. The van der Waals surface area contributed by atoms with Crippen LogP contribution < -0.4 is 10.5 Å². The monoisotopic (exact) mass is 423 g/mol. The van der Waals surface area contributed by atoms with Gasteiger partial charge in [-0.15, -0.1) is 5.10 Å². The van der Waals surface area contributed by atoms with Gasteiger partial charge in [-0.05, 0) is 25.5 Å². The van der Waals surface area contributed by atoms with Gasteiger partial charge >= 0.3 is 6.55 Å². The molecule has 0 unspecified atom stereocenters. The van der Waals surface area contributed by atoms with Gasteiger partial charge in [-0.3, -0.25) is 9.78 Å². The van der Waals surface area contributed by atoms with Crippen LogP contribution >= 0.6 is 0 Å². The molecule has 158 valence electrons. The van der Waals surface area contributed by atoms with E-state index in [-0.39, 0.29) is 5.56 Å². The van der Waals surface area contributed by atoms with E-state index >= 15 is 0 Å². The van der Waals surface area contributed by atoms with E-state index < -0.39 is 6.55 Å². The minimum atomic E-state index is -2.68. The summed E-state index contributed by atoms with van der Waals surface area (Å²) >= 11 is 0. The number of nitrogens with zero attached hydrogens (tertiary/aromatic N) is 7. The lowest BCUT2D eigenvalue weighted by Gasteiger charge is -2.31. The van der Waals surface area contributed by atoms with Crippen molar-refractivity contribution in [2.24, 2.45) is 0 Å². The number of aryl methyl sites for hydroxylation is 1. The Morgan fingerprint density at radius 2 is 1.94 bits per heavy atom. The van der Waals surface area contributed by atoms with Gasteiger partial charge in [-0.1, -0.05) is 0 Å². The van der Waals surface area contributed by atoms with Crippen molar-refractivity contribution in [1.29, 1.82) is 0 Å². The van der Waals surface area contributed by atoms with Crippen LogP contribution in [0.15, 0.2) is 41.7 Å². The molecule has 1 aliphatic heterocycles. The Kier molecular flexibility index (Phi) is 4.49. The first-order valence-corrected chi connectivity index (χ1v) is 9.83. The summed E-state index contributed by atoms with van der Waals surface area (Å²) in [5.41, 5.74) is 5.45. The number of pyridine rings is 1. The Hall–Kier alpha value is -3.69. The third-order valence-electron chi connectivity index (χ3n) is 5.73. The maximum absolute atomic E-state index is 12.9. The minimum Gasteiger partial charge on any atom is -0.350 e.